The zero-order valence-electron chi connectivity index (χ0n) is 10.7. The third-order valence-electron chi connectivity index (χ3n) is 3.54. The molecule has 0 spiro atoms. The van der Waals surface area contributed by atoms with Gasteiger partial charge >= 0.3 is 6.18 Å². The van der Waals surface area contributed by atoms with Crippen molar-refractivity contribution in [3.05, 3.63) is 0 Å². The summed E-state index contributed by atoms with van der Waals surface area (Å²) < 4.78 is 35.8. The van der Waals surface area contributed by atoms with E-state index in [1.54, 1.807) is 0 Å². The molecule has 0 unspecified atom stereocenters. The number of hydrogen-bond acceptors (Lipinski definition) is 2. The van der Waals surface area contributed by atoms with Crippen molar-refractivity contribution >= 4 is 23.1 Å². The monoisotopic (exact) mass is 296 g/mol. The quantitative estimate of drug-likeness (QED) is 0.585. The van der Waals surface area contributed by atoms with Gasteiger partial charge in [0, 0.05) is 13.0 Å². The molecule has 0 saturated heterocycles. The second-order valence-electron chi connectivity index (χ2n) is 4.98. The molecule has 0 bridgehead atoms. The minimum Gasteiger partial charge on any atom is -0.392 e. The summed E-state index contributed by atoms with van der Waals surface area (Å²) in [4.78, 5) is 12.3. The Kier molecular flexibility index (Phi) is 5.58. The van der Waals surface area contributed by atoms with Crippen LogP contribution in [0, 0.1) is 5.41 Å². The molecule has 7 heteroatoms. The highest BCUT2D eigenvalue weighted by atomic mass is 32.1. The van der Waals surface area contributed by atoms with Crippen LogP contribution in [0.1, 0.15) is 44.9 Å². The fourth-order valence-electron chi connectivity index (χ4n) is 2.39. The van der Waals surface area contributed by atoms with Crippen molar-refractivity contribution in [2.24, 2.45) is 11.1 Å². The molecule has 0 heterocycles. The molecule has 19 heavy (non-hydrogen) atoms. The average Bonchev–Trinajstić information content (AvgIpc) is 2.76. The molecule has 3 N–H and O–H groups in total. The Hall–Kier alpha value is -0.850. The van der Waals surface area contributed by atoms with E-state index in [0.717, 1.165) is 12.8 Å². The first-order chi connectivity index (χ1) is 8.78. The number of nitrogens with two attached hydrogens (primary N) is 1. The van der Waals surface area contributed by atoms with Crippen molar-refractivity contribution in [3.63, 3.8) is 0 Å². The molecule has 0 atom stereocenters. The molecule has 0 aliphatic heterocycles. The number of hydrogen-bond donors (Lipinski definition) is 2. The SMILES string of the molecule is NC(=S)C1(C(=O)NCCCCC(F)(F)F)CCCC1. The smallest absolute Gasteiger partial charge is 0.389 e. The first-order valence-corrected chi connectivity index (χ1v) is 6.84. The van der Waals surface area contributed by atoms with Gasteiger partial charge in [0.15, 0.2) is 0 Å². The zero-order valence-corrected chi connectivity index (χ0v) is 11.5. The van der Waals surface area contributed by atoms with E-state index < -0.39 is 18.0 Å². The second kappa shape index (κ2) is 6.54. The van der Waals surface area contributed by atoms with Crippen molar-refractivity contribution in [2.75, 3.05) is 6.54 Å². The van der Waals surface area contributed by atoms with E-state index in [4.69, 9.17) is 18.0 Å². The molecular weight excluding hydrogens is 277 g/mol. The van der Waals surface area contributed by atoms with E-state index in [-0.39, 0.29) is 23.9 Å². The highest BCUT2D eigenvalue weighted by molar-refractivity contribution is 7.80. The van der Waals surface area contributed by atoms with Crippen LogP contribution in [0.5, 0.6) is 0 Å². The van der Waals surface area contributed by atoms with Crippen LogP contribution >= 0.6 is 12.2 Å². The normalized spacial score (nSPS) is 18.3. The maximum Gasteiger partial charge on any atom is 0.389 e. The Balaban J connectivity index is 2.32. The molecule has 1 saturated carbocycles. The number of thiocarbonyl (C=S) groups is 1. The van der Waals surface area contributed by atoms with Crippen molar-refractivity contribution in [1.82, 2.24) is 5.32 Å². The summed E-state index contributed by atoms with van der Waals surface area (Å²) >= 11 is 4.96. The fourth-order valence-corrected chi connectivity index (χ4v) is 2.68. The van der Waals surface area contributed by atoms with Crippen molar-refractivity contribution in [1.29, 1.82) is 0 Å². The molecule has 0 aromatic rings. The lowest BCUT2D eigenvalue weighted by atomic mass is 9.85. The number of unbranched alkanes of at least 4 members (excludes halogenated alkanes) is 1. The van der Waals surface area contributed by atoms with Crippen molar-refractivity contribution in [2.45, 2.75) is 51.1 Å². The summed E-state index contributed by atoms with van der Waals surface area (Å²) in [5.41, 5.74) is 4.86. The first kappa shape index (κ1) is 16.2. The van der Waals surface area contributed by atoms with E-state index in [9.17, 15) is 18.0 Å². The van der Waals surface area contributed by atoms with Crippen LogP contribution in [0.25, 0.3) is 0 Å². The van der Waals surface area contributed by atoms with E-state index in [0.29, 0.717) is 19.3 Å². The van der Waals surface area contributed by atoms with Gasteiger partial charge in [0.1, 0.15) is 0 Å². The van der Waals surface area contributed by atoms with Crippen LogP contribution in [-0.2, 0) is 4.79 Å². The first-order valence-electron chi connectivity index (χ1n) is 6.43. The van der Waals surface area contributed by atoms with E-state index in [1.807, 2.05) is 0 Å². The standard InChI is InChI=1S/C12H19F3N2OS/c13-12(14,15)7-3-4-8-17-10(18)11(9(16)19)5-1-2-6-11/h1-8H2,(H2,16,19)(H,17,18). The van der Waals surface area contributed by atoms with E-state index in [1.165, 1.54) is 0 Å². The predicted octanol–water partition coefficient (Wildman–Crippen LogP) is 2.68. The van der Waals surface area contributed by atoms with Crippen LogP contribution in [0.15, 0.2) is 0 Å². The molecule has 1 fully saturated rings. The Morgan fingerprint density at radius 1 is 1.26 bits per heavy atom. The molecule has 1 rings (SSSR count). The van der Waals surface area contributed by atoms with Crippen LogP contribution in [0.4, 0.5) is 13.2 Å². The van der Waals surface area contributed by atoms with Crippen LogP contribution in [0.2, 0.25) is 0 Å². The highest BCUT2D eigenvalue weighted by Gasteiger charge is 2.43. The number of carbonyl (C=O) groups excluding carboxylic acids is 1. The van der Waals surface area contributed by atoms with Gasteiger partial charge in [0.05, 0.1) is 10.4 Å². The van der Waals surface area contributed by atoms with E-state index >= 15 is 0 Å². The summed E-state index contributed by atoms with van der Waals surface area (Å²) in [6.45, 7) is 0.235. The number of alkyl halides is 3. The van der Waals surface area contributed by atoms with Crippen molar-refractivity contribution in [3.8, 4) is 0 Å². The second-order valence-corrected chi connectivity index (χ2v) is 5.42. The molecule has 1 amide bonds. The molecule has 1 aliphatic carbocycles. The van der Waals surface area contributed by atoms with Gasteiger partial charge in [-0.3, -0.25) is 4.79 Å². The average molecular weight is 296 g/mol. The maximum absolute atomic E-state index is 12.1. The Morgan fingerprint density at radius 3 is 2.32 bits per heavy atom. The summed E-state index contributed by atoms with van der Waals surface area (Å²) in [6.07, 6.45) is -1.55. The van der Waals surface area contributed by atoms with Gasteiger partial charge in [-0.05, 0) is 25.7 Å². The molecule has 3 nitrogen and oxygen atoms in total. The van der Waals surface area contributed by atoms with Gasteiger partial charge in [-0.2, -0.15) is 13.2 Å². The lowest BCUT2D eigenvalue weighted by Gasteiger charge is -2.26. The number of amides is 1. The molecule has 0 aromatic carbocycles. The Bertz CT molecular complexity index is 338. The molecular formula is C12H19F3N2OS. The topological polar surface area (TPSA) is 55.1 Å². The zero-order chi connectivity index (χ0) is 14.5. The summed E-state index contributed by atoms with van der Waals surface area (Å²) in [5.74, 6) is -0.232. The van der Waals surface area contributed by atoms with Gasteiger partial charge < -0.3 is 11.1 Å². The van der Waals surface area contributed by atoms with Gasteiger partial charge in [0.2, 0.25) is 5.91 Å². The van der Waals surface area contributed by atoms with Gasteiger partial charge in [0.25, 0.3) is 0 Å². The number of nitrogens with one attached hydrogen (secondary N) is 1. The number of halogens is 3. The van der Waals surface area contributed by atoms with Crippen LogP contribution < -0.4 is 11.1 Å². The third-order valence-corrected chi connectivity index (χ3v) is 3.93. The predicted molar refractivity (Wildman–Crippen MR) is 70.6 cm³/mol. The largest absolute Gasteiger partial charge is 0.392 e. The minimum absolute atomic E-state index is 0.0177. The molecule has 1 aliphatic rings. The van der Waals surface area contributed by atoms with Crippen LogP contribution in [0.3, 0.4) is 0 Å². The van der Waals surface area contributed by atoms with E-state index in [2.05, 4.69) is 5.32 Å². The number of carbonyl (C=O) groups is 1. The van der Waals surface area contributed by atoms with Gasteiger partial charge in [-0.15, -0.1) is 0 Å². The Morgan fingerprint density at radius 2 is 1.84 bits per heavy atom. The number of rotatable bonds is 6. The fraction of sp³-hybridized carbons (Fsp3) is 0.833. The van der Waals surface area contributed by atoms with Crippen LogP contribution in [-0.4, -0.2) is 23.6 Å². The summed E-state index contributed by atoms with van der Waals surface area (Å²) in [6, 6.07) is 0. The van der Waals surface area contributed by atoms with Gasteiger partial charge in [-0.1, -0.05) is 25.1 Å². The lowest BCUT2D eigenvalue weighted by molar-refractivity contribution is -0.135. The lowest BCUT2D eigenvalue weighted by Crippen LogP contribution is -2.47. The summed E-state index contributed by atoms with van der Waals surface area (Å²) in [5, 5.41) is 2.66. The highest BCUT2D eigenvalue weighted by Crippen LogP contribution is 2.38. The molecule has 110 valence electrons. The summed E-state index contributed by atoms with van der Waals surface area (Å²) in [7, 11) is 0. The van der Waals surface area contributed by atoms with Gasteiger partial charge in [-0.25, -0.2) is 0 Å². The van der Waals surface area contributed by atoms with Crippen molar-refractivity contribution < 1.29 is 18.0 Å². The third kappa shape index (κ3) is 4.63. The maximum atomic E-state index is 12.1. The minimum atomic E-state index is -4.13. The Labute approximate surface area is 116 Å². The molecule has 0 radical (unpaired) electrons. The molecule has 0 aromatic heterocycles.